The minimum Gasteiger partial charge on any atom is -0.457 e. The second-order valence-corrected chi connectivity index (χ2v) is 9.99. The van der Waals surface area contributed by atoms with Crippen LogP contribution in [-0.2, 0) is 21.4 Å². The topological polar surface area (TPSA) is 151 Å². The Morgan fingerprint density at radius 1 is 1.14 bits per heavy atom. The first-order valence-corrected chi connectivity index (χ1v) is 12.8. The maximum absolute atomic E-state index is 13.5. The number of halogens is 1. The average Bonchev–Trinajstić information content (AvgIpc) is 2.85. The summed E-state index contributed by atoms with van der Waals surface area (Å²) >= 11 is 5.67. The number of nitrogens with zero attached hydrogens (tertiary/aromatic N) is 2. The van der Waals surface area contributed by atoms with Crippen molar-refractivity contribution in [3.63, 3.8) is 0 Å². The first-order chi connectivity index (χ1) is 17.2. The standard InChI is InChI=1S/C23H25ClN4O7S/c1-2-13-28(19(22(30)26-32)12-14-27-21(29)15-20(24)25-23(27)31)36(33,34)18-10-8-17(9-11-18)35-16-6-4-3-5-7-16/h3-11,15,19,32H,2,12-14H2,1H3,(H,25,31)(H,26,30). The minimum atomic E-state index is -4.23. The number of carbonyl (C=O) groups excluding carboxylic acids is 1. The number of para-hydroxylation sites is 1. The second kappa shape index (κ2) is 12.0. The Hall–Kier alpha value is -3.45. The van der Waals surface area contributed by atoms with E-state index in [9.17, 15) is 28.0 Å². The molecule has 0 aliphatic heterocycles. The van der Waals surface area contributed by atoms with Crippen LogP contribution in [0.1, 0.15) is 19.8 Å². The fourth-order valence-electron chi connectivity index (χ4n) is 3.54. The normalized spacial score (nSPS) is 12.3. The number of aromatic amines is 1. The van der Waals surface area contributed by atoms with Crippen LogP contribution in [0.2, 0.25) is 5.15 Å². The van der Waals surface area contributed by atoms with Crippen molar-refractivity contribution in [1.29, 1.82) is 0 Å². The minimum absolute atomic E-state index is 0.0610. The number of H-pyrrole nitrogens is 1. The van der Waals surface area contributed by atoms with E-state index in [1.54, 1.807) is 31.2 Å². The molecule has 0 spiro atoms. The first kappa shape index (κ1) is 27.1. The zero-order chi connectivity index (χ0) is 26.3. The van der Waals surface area contributed by atoms with Crippen LogP contribution in [0.25, 0.3) is 0 Å². The van der Waals surface area contributed by atoms with Gasteiger partial charge in [-0.25, -0.2) is 18.7 Å². The van der Waals surface area contributed by atoms with Crippen LogP contribution in [0.15, 0.2) is 75.1 Å². The summed E-state index contributed by atoms with van der Waals surface area (Å²) in [6.07, 6.45) is 0.0799. The van der Waals surface area contributed by atoms with E-state index < -0.39 is 33.2 Å². The molecule has 192 valence electrons. The third-order valence-electron chi connectivity index (χ3n) is 5.23. The highest BCUT2D eigenvalue weighted by molar-refractivity contribution is 7.89. The molecular formula is C23H25ClN4O7S. The number of sulfonamides is 1. The Kier molecular flexibility index (Phi) is 9.04. The van der Waals surface area contributed by atoms with Gasteiger partial charge in [0, 0.05) is 19.2 Å². The average molecular weight is 537 g/mol. The van der Waals surface area contributed by atoms with Crippen LogP contribution in [0, 0.1) is 0 Å². The predicted molar refractivity (Wildman–Crippen MR) is 132 cm³/mol. The van der Waals surface area contributed by atoms with Crippen LogP contribution >= 0.6 is 11.6 Å². The summed E-state index contributed by atoms with van der Waals surface area (Å²) in [6, 6.07) is 14.2. The summed E-state index contributed by atoms with van der Waals surface area (Å²) in [5, 5.41) is 9.13. The highest BCUT2D eigenvalue weighted by atomic mass is 35.5. The molecule has 0 saturated carbocycles. The van der Waals surface area contributed by atoms with Gasteiger partial charge in [-0.1, -0.05) is 36.7 Å². The number of benzene rings is 2. The van der Waals surface area contributed by atoms with Crippen molar-refractivity contribution in [2.24, 2.45) is 0 Å². The first-order valence-electron chi connectivity index (χ1n) is 11.0. The molecular weight excluding hydrogens is 512 g/mol. The molecule has 1 unspecified atom stereocenters. The number of hydrogen-bond donors (Lipinski definition) is 3. The summed E-state index contributed by atoms with van der Waals surface area (Å²) < 4.78 is 34.4. The molecule has 0 aliphatic carbocycles. The molecule has 1 aromatic heterocycles. The Morgan fingerprint density at radius 3 is 2.36 bits per heavy atom. The van der Waals surface area contributed by atoms with Gasteiger partial charge in [-0.15, -0.1) is 0 Å². The van der Waals surface area contributed by atoms with Crippen molar-refractivity contribution in [3.8, 4) is 11.5 Å². The molecule has 3 aromatic rings. The van der Waals surface area contributed by atoms with Crippen molar-refractivity contribution in [3.05, 3.63) is 86.7 Å². The smallest absolute Gasteiger partial charge is 0.329 e. The molecule has 1 heterocycles. The van der Waals surface area contributed by atoms with Gasteiger partial charge < -0.3 is 4.74 Å². The van der Waals surface area contributed by atoms with E-state index in [1.165, 1.54) is 29.7 Å². The van der Waals surface area contributed by atoms with E-state index in [1.807, 2.05) is 6.07 Å². The van der Waals surface area contributed by atoms with Crippen LogP contribution in [0.4, 0.5) is 0 Å². The van der Waals surface area contributed by atoms with Gasteiger partial charge in [-0.05, 0) is 49.2 Å². The fourth-order valence-corrected chi connectivity index (χ4v) is 5.42. The van der Waals surface area contributed by atoms with Crippen molar-refractivity contribution in [2.45, 2.75) is 37.2 Å². The predicted octanol–water partition coefficient (Wildman–Crippen LogP) is 2.35. The number of nitrogens with one attached hydrogen (secondary N) is 2. The van der Waals surface area contributed by atoms with E-state index in [4.69, 9.17) is 16.3 Å². The lowest BCUT2D eigenvalue weighted by Crippen LogP contribution is -2.50. The number of aromatic nitrogens is 2. The lowest BCUT2D eigenvalue weighted by molar-refractivity contribution is -0.133. The molecule has 36 heavy (non-hydrogen) atoms. The van der Waals surface area contributed by atoms with E-state index in [-0.39, 0.29) is 29.6 Å². The highest BCUT2D eigenvalue weighted by Crippen LogP contribution is 2.26. The molecule has 1 atom stereocenters. The lowest BCUT2D eigenvalue weighted by atomic mass is 10.2. The van der Waals surface area contributed by atoms with Gasteiger partial charge in [0.1, 0.15) is 22.7 Å². The Balaban J connectivity index is 1.89. The van der Waals surface area contributed by atoms with Crippen molar-refractivity contribution in [2.75, 3.05) is 6.54 Å². The van der Waals surface area contributed by atoms with Crippen LogP contribution in [-0.4, -0.2) is 46.0 Å². The van der Waals surface area contributed by atoms with Gasteiger partial charge in [0.2, 0.25) is 10.0 Å². The van der Waals surface area contributed by atoms with Crippen molar-refractivity contribution in [1.82, 2.24) is 19.3 Å². The van der Waals surface area contributed by atoms with Gasteiger partial charge >= 0.3 is 5.69 Å². The maximum Gasteiger partial charge on any atom is 0.329 e. The molecule has 11 nitrogen and oxygen atoms in total. The summed E-state index contributed by atoms with van der Waals surface area (Å²) in [5.41, 5.74) is -0.0484. The maximum atomic E-state index is 13.5. The van der Waals surface area contributed by atoms with Crippen molar-refractivity contribution >= 4 is 27.5 Å². The number of hydrogen-bond acceptors (Lipinski definition) is 7. The molecule has 2 aromatic carbocycles. The lowest BCUT2D eigenvalue weighted by Gasteiger charge is -2.29. The largest absolute Gasteiger partial charge is 0.457 e. The number of rotatable bonds is 11. The van der Waals surface area contributed by atoms with Crippen molar-refractivity contribution < 1.29 is 23.2 Å². The van der Waals surface area contributed by atoms with Gasteiger partial charge in [-0.3, -0.25) is 24.3 Å². The zero-order valence-corrected chi connectivity index (χ0v) is 20.8. The van der Waals surface area contributed by atoms with Crippen LogP contribution in [0.5, 0.6) is 11.5 Å². The molecule has 3 N–H and O–H groups in total. The Morgan fingerprint density at radius 2 is 1.78 bits per heavy atom. The fraction of sp³-hybridized carbons (Fsp3) is 0.261. The number of amides is 1. The van der Waals surface area contributed by atoms with Gasteiger partial charge in [0.25, 0.3) is 11.5 Å². The highest BCUT2D eigenvalue weighted by Gasteiger charge is 2.35. The molecule has 3 rings (SSSR count). The molecule has 1 amide bonds. The molecule has 0 radical (unpaired) electrons. The zero-order valence-electron chi connectivity index (χ0n) is 19.3. The Labute approximate surface area is 211 Å². The van der Waals surface area contributed by atoms with Crippen LogP contribution in [0.3, 0.4) is 0 Å². The second-order valence-electron chi connectivity index (χ2n) is 7.70. The summed E-state index contributed by atoms with van der Waals surface area (Å²) in [5.74, 6) is -0.0181. The molecule has 0 fully saturated rings. The monoisotopic (exact) mass is 536 g/mol. The van der Waals surface area contributed by atoms with E-state index in [2.05, 4.69) is 4.98 Å². The quantitative estimate of drug-likeness (QED) is 0.193. The Bertz CT molecular complexity index is 1380. The molecule has 13 heteroatoms. The third kappa shape index (κ3) is 6.40. The molecule has 0 saturated heterocycles. The molecule has 0 bridgehead atoms. The summed E-state index contributed by atoms with van der Waals surface area (Å²) in [7, 11) is -4.23. The van der Waals surface area contributed by atoms with Crippen LogP contribution < -0.4 is 21.5 Å². The SMILES string of the molecule is CCCN(C(CCn1c(=O)cc(Cl)[nH]c1=O)C(=O)NO)S(=O)(=O)c1ccc(Oc2ccccc2)cc1. The van der Waals surface area contributed by atoms with E-state index >= 15 is 0 Å². The number of ether oxygens (including phenoxy) is 1. The number of hydroxylamine groups is 1. The summed E-state index contributed by atoms with van der Waals surface area (Å²) in [4.78, 5) is 39.0. The van der Waals surface area contributed by atoms with E-state index in [0.29, 0.717) is 17.9 Å². The number of carbonyl (C=O) groups is 1. The van der Waals surface area contributed by atoms with Gasteiger partial charge in [0.05, 0.1) is 4.90 Å². The van der Waals surface area contributed by atoms with Gasteiger partial charge in [-0.2, -0.15) is 4.31 Å². The van der Waals surface area contributed by atoms with E-state index in [0.717, 1.165) is 14.9 Å². The van der Waals surface area contributed by atoms with Gasteiger partial charge in [0.15, 0.2) is 0 Å². The molecule has 0 aliphatic rings. The summed E-state index contributed by atoms with van der Waals surface area (Å²) in [6.45, 7) is 1.36. The third-order valence-corrected chi connectivity index (χ3v) is 7.35.